The topological polar surface area (TPSA) is 116 Å². The van der Waals surface area contributed by atoms with E-state index in [-0.39, 0.29) is 29.4 Å². The summed E-state index contributed by atoms with van der Waals surface area (Å²) in [6.07, 6.45) is 8.53. The zero-order chi connectivity index (χ0) is 22.7. The fourth-order valence-corrected chi connectivity index (χ4v) is 4.73. The predicted molar refractivity (Wildman–Crippen MR) is 123 cm³/mol. The Bertz CT molecular complexity index is 992. The number of nitrogens with zero attached hydrogens (tertiary/aromatic N) is 3. The number of anilines is 1. The maximum atomic E-state index is 12.3. The van der Waals surface area contributed by atoms with Gasteiger partial charge in [-0.15, -0.1) is 0 Å². The van der Waals surface area contributed by atoms with Crippen LogP contribution in [0.2, 0.25) is 0 Å². The second kappa shape index (κ2) is 9.46. The number of aromatic nitrogens is 2. The number of carbonyl (C=O) groups is 2. The number of likely N-dealkylation sites (tertiary alicyclic amines) is 1. The van der Waals surface area contributed by atoms with Gasteiger partial charge < -0.3 is 21.1 Å². The van der Waals surface area contributed by atoms with E-state index >= 15 is 0 Å². The lowest BCUT2D eigenvalue weighted by Gasteiger charge is -2.19. The lowest BCUT2D eigenvalue weighted by Crippen LogP contribution is -2.30. The number of benzene rings is 1. The van der Waals surface area contributed by atoms with Crippen LogP contribution in [-0.4, -0.2) is 45.7 Å². The molecule has 1 aromatic carbocycles. The highest BCUT2D eigenvalue weighted by Crippen LogP contribution is 2.33. The van der Waals surface area contributed by atoms with Crippen molar-refractivity contribution < 1.29 is 14.3 Å². The molecule has 170 valence electrons. The molecule has 0 spiro atoms. The van der Waals surface area contributed by atoms with Crippen LogP contribution in [0.1, 0.15) is 61.3 Å². The van der Waals surface area contributed by atoms with E-state index < -0.39 is 5.91 Å². The van der Waals surface area contributed by atoms with E-state index in [0.29, 0.717) is 25.2 Å². The van der Waals surface area contributed by atoms with Gasteiger partial charge in [0.25, 0.3) is 5.91 Å². The summed E-state index contributed by atoms with van der Waals surface area (Å²) >= 11 is 0. The SMILES string of the molecule is C=CC(=O)N1CCCC(n2nc(-c3ccc(OC4CCCC4)cc3)c(C(N)=O)c2N)CC1. The van der Waals surface area contributed by atoms with Crippen molar-refractivity contribution in [3.05, 3.63) is 42.5 Å². The Morgan fingerprint density at radius 3 is 2.44 bits per heavy atom. The molecule has 1 saturated carbocycles. The van der Waals surface area contributed by atoms with E-state index in [2.05, 4.69) is 6.58 Å². The third-order valence-electron chi connectivity index (χ3n) is 6.46. The van der Waals surface area contributed by atoms with Crippen LogP contribution in [0.3, 0.4) is 0 Å². The highest BCUT2D eigenvalue weighted by Gasteiger charge is 2.27. The summed E-state index contributed by atoms with van der Waals surface area (Å²) in [5.74, 6) is 0.404. The first-order valence-electron chi connectivity index (χ1n) is 11.3. The second-order valence-corrected chi connectivity index (χ2v) is 8.58. The third-order valence-corrected chi connectivity index (χ3v) is 6.46. The Balaban J connectivity index is 1.58. The zero-order valence-electron chi connectivity index (χ0n) is 18.3. The number of rotatable bonds is 6. The molecule has 2 amide bonds. The molecule has 2 aliphatic rings. The number of amides is 2. The molecule has 1 unspecified atom stereocenters. The van der Waals surface area contributed by atoms with Crippen molar-refractivity contribution in [3.63, 3.8) is 0 Å². The quantitative estimate of drug-likeness (QED) is 0.673. The zero-order valence-corrected chi connectivity index (χ0v) is 18.3. The minimum absolute atomic E-state index is 0.0190. The van der Waals surface area contributed by atoms with Gasteiger partial charge >= 0.3 is 0 Å². The molecule has 1 aromatic heterocycles. The molecule has 1 saturated heterocycles. The third kappa shape index (κ3) is 4.49. The van der Waals surface area contributed by atoms with Crippen LogP contribution in [0.25, 0.3) is 11.3 Å². The molecule has 8 nitrogen and oxygen atoms in total. The van der Waals surface area contributed by atoms with Gasteiger partial charge in [0.05, 0.1) is 12.1 Å². The molecule has 0 bridgehead atoms. The van der Waals surface area contributed by atoms with Crippen LogP contribution in [0, 0.1) is 0 Å². The van der Waals surface area contributed by atoms with Gasteiger partial charge in [-0.2, -0.15) is 5.10 Å². The molecule has 2 aromatic rings. The Kier molecular flexibility index (Phi) is 6.48. The summed E-state index contributed by atoms with van der Waals surface area (Å²) in [6, 6.07) is 7.56. The minimum Gasteiger partial charge on any atom is -0.490 e. The molecule has 2 fully saturated rings. The highest BCUT2D eigenvalue weighted by molar-refractivity contribution is 6.03. The molecule has 1 aliphatic carbocycles. The van der Waals surface area contributed by atoms with Crippen LogP contribution in [0.5, 0.6) is 5.75 Å². The van der Waals surface area contributed by atoms with E-state index in [1.165, 1.54) is 18.9 Å². The fourth-order valence-electron chi connectivity index (χ4n) is 4.73. The Morgan fingerprint density at radius 1 is 1.06 bits per heavy atom. The van der Waals surface area contributed by atoms with Crippen molar-refractivity contribution in [1.29, 1.82) is 0 Å². The minimum atomic E-state index is -0.605. The molecular formula is C24H31N5O3. The van der Waals surface area contributed by atoms with Gasteiger partial charge in [-0.05, 0) is 75.3 Å². The monoisotopic (exact) mass is 437 g/mol. The number of primary amides is 1. The number of ether oxygens (including phenoxy) is 1. The summed E-state index contributed by atoms with van der Waals surface area (Å²) in [4.78, 5) is 26.0. The summed E-state index contributed by atoms with van der Waals surface area (Å²) in [6.45, 7) is 4.82. The molecule has 0 radical (unpaired) electrons. The highest BCUT2D eigenvalue weighted by atomic mass is 16.5. The van der Waals surface area contributed by atoms with E-state index in [9.17, 15) is 9.59 Å². The molecule has 4 rings (SSSR count). The first-order chi connectivity index (χ1) is 15.5. The predicted octanol–water partition coefficient (Wildman–Crippen LogP) is 3.29. The van der Waals surface area contributed by atoms with Crippen molar-refractivity contribution in [1.82, 2.24) is 14.7 Å². The number of hydrogen-bond acceptors (Lipinski definition) is 5. The first-order valence-corrected chi connectivity index (χ1v) is 11.3. The maximum Gasteiger partial charge on any atom is 0.254 e. The largest absolute Gasteiger partial charge is 0.490 e. The molecule has 4 N–H and O–H groups in total. The maximum absolute atomic E-state index is 12.3. The molecular weight excluding hydrogens is 406 g/mol. The molecule has 2 heterocycles. The average molecular weight is 438 g/mol. The number of nitrogens with two attached hydrogens (primary N) is 2. The lowest BCUT2D eigenvalue weighted by atomic mass is 10.1. The summed E-state index contributed by atoms with van der Waals surface area (Å²) in [7, 11) is 0. The standard InChI is InChI=1S/C24H31N5O3/c1-2-20(30)28-14-5-6-17(13-15-28)29-23(25)21(24(26)31)22(27-29)16-9-11-19(12-10-16)32-18-7-3-4-8-18/h2,9-12,17-18H,1,3-8,13-15,25H2,(H2,26,31). The van der Waals surface area contributed by atoms with Crippen molar-refractivity contribution in [2.45, 2.75) is 57.1 Å². The van der Waals surface area contributed by atoms with Crippen LogP contribution < -0.4 is 16.2 Å². The summed E-state index contributed by atoms with van der Waals surface area (Å²) < 4.78 is 7.75. The van der Waals surface area contributed by atoms with E-state index in [1.54, 1.807) is 9.58 Å². The van der Waals surface area contributed by atoms with Gasteiger partial charge in [-0.1, -0.05) is 6.58 Å². The van der Waals surface area contributed by atoms with Gasteiger partial charge in [-0.3, -0.25) is 9.59 Å². The summed E-state index contributed by atoms with van der Waals surface area (Å²) in [5, 5.41) is 4.72. The van der Waals surface area contributed by atoms with Crippen LogP contribution >= 0.6 is 0 Å². The smallest absolute Gasteiger partial charge is 0.254 e. The van der Waals surface area contributed by atoms with Crippen LogP contribution in [-0.2, 0) is 4.79 Å². The first kappa shape index (κ1) is 21.9. The van der Waals surface area contributed by atoms with E-state index in [1.807, 2.05) is 24.3 Å². The lowest BCUT2D eigenvalue weighted by molar-refractivity contribution is -0.125. The van der Waals surface area contributed by atoms with E-state index in [4.69, 9.17) is 21.3 Å². The average Bonchev–Trinajstić information content (AvgIpc) is 3.34. The Labute approximate surface area is 188 Å². The van der Waals surface area contributed by atoms with Crippen LogP contribution in [0.4, 0.5) is 5.82 Å². The van der Waals surface area contributed by atoms with Gasteiger partial charge in [-0.25, -0.2) is 4.68 Å². The number of nitrogen functional groups attached to an aromatic ring is 1. The number of carbonyl (C=O) groups excluding carboxylic acids is 2. The second-order valence-electron chi connectivity index (χ2n) is 8.58. The van der Waals surface area contributed by atoms with Crippen LogP contribution in [0.15, 0.2) is 36.9 Å². The molecule has 32 heavy (non-hydrogen) atoms. The van der Waals surface area contributed by atoms with Crippen molar-refractivity contribution in [2.24, 2.45) is 5.73 Å². The van der Waals surface area contributed by atoms with Gasteiger partial charge in [0.2, 0.25) is 5.91 Å². The molecule has 1 atom stereocenters. The van der Waals surface area contributed by atoms with Crippen molar-refractivity contribution >= 4 is 17.6 Å². The molecule has 1 aliphatic heterocycles. The normalized spacial score (nSPS) is 19.5. The van der Waals surface area contributed by atoms with Crippen molar-refractivity contribution in [2.75, 3.05) is 18.8 Å². The van der Waals surface area contributed by atoms with Gasteiger partial charge in [0, 0.05) is 18.7 Å². The molecule has 8 heteroatoms. The number of hydrogen-bond donors (Lipinski definition) is 2. The van der Waals surface area contributed by atoms with Crippen molar-refractivity contribution in [3.8, 4) is 17.0 Å². The van der Waals surface area contributed by atoms with Gasteiger partial charge in [0.15, 0.2) is 0 Å². The fraction of sp³-hybridized carbons (Fsp3) is 0.458. The Hall–Kier alpha value is -3.29. The van der Waals surface area contributed by atoms with E-state index in [0.717, 1.165) is 37.0 Å². The summed E-state index contributed by atoms with van der Waals surface area (Å²) in [5.41, 5.74) is 13.5. The van der Waals surface area contributed by atoms with Gasteiger partial charge in [0.1, 0.15) is 22.8 Å². The Morgan fingerprint density at radius 2 is 1.78 bits per heavy atom.